The van der Waals surface area contributed by atoms with E-state index in [4.69, 9.17) is 13.8 Å². The zero-order chi connectivity index (χ0) is 17.9. The highest BCUT2D eigenvalue weighted by Gasteiger charge is 2.21. The van der Waals surface area contributed by atoms with Crippen LogP contribution in [0.2, 0.25) is 0 Å². The lowest BCUT2D eigenvalue weighted by Gasteiger charge is -2.08. The van der Waals surface area contributed by atoms with Crippen LogP contribution in [0, 0.1) is 0 Å². The predicted octanol–water partition coefficient (Wildman–Crippen LogP) is 3.72. The topological polar surface area (TPSA) is 91.2 Å². The largest absolute Gasteiger partial charge is 0.452 e. The minimum absolute atomic E-state index is 0.00102. The molecule has 2 aromatic heterocycles. The van der Waals surface area contributed by atoms with Gasteiger partial charge in [-0.05, 0) is 19.1 Å². The van der Waals surface area contributed by atoms with E-state index in [0.717, 1.165) is 10.9 Å². The maximum atomic E-state index is 12.2. The van der Waals surface area contributed by atoms with Gasteiger partial charge in [-0.15, -0.1) is 0 Å². The predicted molar refractivity (Wildman–Crippen MR) is 92.0 cm³/mol. The number of hydrogen-bond acceptors (Lipinski definition) is 7. The lowest BCUT2D eigenvalue weighted by atomic mass is 10.2. The zero-order valence-corrected chi connectivity index (χ0v) is 14.0. The fourth-order valence-electron chi connectivity index (χ4n) is 2.60. The van der Waals surface area contributed by atoms with E-state index in [1.54, 1.807) is 13.0 Å². The summed E-state index contributed by atoms with van der Waals surface area (Å²) in [6, 6.07) is 16.8. The van der Waals surface area contributed by atoms with Crippen LogP contribution in [0.5, 0.6) is 0 Å². The summed E-state index contributed by atoms with van der Waals surface area (Å²) in [6.07, 6.45) is -0.660. The summed E-state index contributed by atoms with van der Waals surface area (Å²) in [5, 5.41) is 8.65. The van der Waals surface area contributed by atoms with Crippen LogP contribution in [-0.2, 0) is 16.0 Å². The van der Waals surface area contributed by atoms with E-state index in [1.807, 2.05) is 48.5 Å². The van der Waals surface area contributed by atoms with Crippen molar-refractivity contribution in [3.05, 3.63) is 66.2 Å². The minimum atomic E-state index is -0.661. The molecule has 0 saturated heterocycles. The second-order valence-corrected chi connectivity index (χ2v) is 5.76. The number of para-hydroxylation sites is 1. The second kappa shape index (κ2) is 6.79. The van der Waals surface area contributed by atoms with Gasteiger partial charge >= 0.3 is 5.97 Å². The van der Waals surface area contributed by atoms with Crippen LogP contribution >= 0.6 is 0 Å². The van der Waals surface area contributed by atoms with Gasteiger partial charge in [0.15, 0.2) is 11.7 Å². The van der Waals surface area contributed by atoms with Crippen molar-refractivity contribution in [1.82, 2.24) is 15.3 Å². The Morgan fingerprint density at radius 1 is 1.04 bits per heavy atom. The molecular formula is C19H15N3O4. The molecule has 0 spiro atoms. The lowest BCUT2D eigenvalue weighted by molar-refractivity contribution is -0.149. The maximum Gasteiger partial charge on any atom is 0.312 e. The van der Waals surface area contributed by atoms with Crippen molar-refractivity contribution < 1.29 is 18.6 Å². The quantitative estimate of drug-likeness (QED) is 0.507. The van der Waals surface area contributed by atoms with Gasteiger partial charge in [-0.1, -0.05) is 52.8 Å². The Kier molecular flexibility index (Phi) is 4.18. The minimum Gasteiger partial charge on any atom is -0.452 e. The van der Waals surface area contributed by atoms with Gasteiger partial charge in [-0.3, -0.25) is 4.79 Å². The lowest BCUT2D eigenvalue weighted by Crippen LogP contribution is -2.12. The number of fused-ring (bicyclic) bond motifs is 1. The Morgan fingerprint density at radius 3 is 2.65 bits per heavy atom. The van der Waals surface area contributed by atoms with Gasteiger partial charge in [0, 0.05) is 10.9 Å². The average Bonchev–Trinajstić information content (AvgIpc) is 3.30. The van der Waals surface area contributed by atoms with Gasteiger partial charge in [0.05, 0.1) is 6.42 Å². The van der Waals surface area contributed by atoms with Gasteiger partial charge in [0.25, 0.3) is 5.89 Å². The third-order valence-electron chi connectivity index (χ3n) is 3.89. The highest BCUT2D eigenvalue weighted by atomic mass is 16.6. The van der Waals surface area contributed by atoms with Crippen molar-refractivity contribution in [2.24, 2.45) is 0 Å². The van der Waals surface area contributed by atoms with Crippen molar-refractivity contribution >= 4 is 16.9 Å². The number of esters is 1. The van der Waals surface area contributed by atoms with Crippen molar-refractivity contribution in [3.63, 3.8) is 0 Å². The summed E-state index contributed by atoms with van der Waals surface area (Å²) in [5.41, 5.74) is 2.00. The zero-order valence-electron chi connectivity index (χ0n) is 14.0. The second-order valence-electron chi connectivity index (χ2n) is 5.76. The van der Waals surface area contributed by atoms with Gasteiger partial charge in [0.1, 0.15) is 5.69 Å². The van der Waals surface area contributed by atoms with E-state index >= 15 is 0 Å². The van der Waals surface area contributed by atoms with E-state index in [2.05, 4.69) is 15.3 Å². The van der Waals surface area contributed by atoms with Crippen LogP contribution in [0.1, 0.15) is 24.6 Å². The van der Waals surface area contributed by atoms with Crippen LogP contribution in [0.4, 0.5) is 0 Å². The summed E-state index contributed by atoms with van der Waals surface area (Å²) < 4.78 is 15.8. The Balaban J connectivity index is 1.44. The molecule has 7 nitrogen and oxygen atoms in total. The first-order chi connectivity index (χ1) is 12.7. The summed E-state index contributed by atoms with van der Waals surface area (Å²) in [4.78, 5) is 16.5. The molecule has 130 valence electrons. The fraction of sp³-hybridized carbons (Fsp3) is 0.158. The molecule has 0 unspecified atom stereocenters. The maximum absolute atomic E-state index is 12.2. The monoisotopic (exact) mass is 349 g/mol. The normalized spacial score (nSPS) is 12.2. The smallest absolute Gasteiger partial charge is 0.312 e. The van der Waals surface area contributed by atoms with Crippen molar-refractivity contribution in [2.45, 2.75) is 19.4 Å². The molecule has 0 saturated carbocycles. The summed E-state index contributed by atoms with van der Waals surface area (Å²) in [6.45, 7) is 1.68. The van der Waals surface area contributed by atoms with E-state index in [1.165, 1.54) is 0 Å². The fourth-order valence-corrected chi connectivity index (χ4v) is 2.60. The number of aromatic nitrogens is 3. The van der Waals surface area contributed by atoms with Gasteiger partial charge < -0.3 is 13.8 Å². The standard InChI is InChI=1S/C19H15N3O4/c1-12(19-20-18(22-26-19)13-7-3-2-4-8-13)24-17(23)11-15-14-9-5-6-10-16(14)25-21-15/h2-10,12H,11H2,1H3/t12-/m1/s1. The molecule has 26 heavy (non-hydrogen) atoms. The first-order valence-corrected chi connectivity index (χ1v) is 8.12. The molecular weight excluding hydrogens is 334 g/mol. The number of carbonyl (C=O) groups is 1. The number of carbonyl (C=O) groups excluding carboxylic acids is 1. The molecule has 0 aliphatic heterocycles. The summed E-state index contributed by atoms with van der Waals surface area (Å²) >= 11 is 0. The molecule has 2 aromatic carbocycles. The third-order valence-corrected chi connectivity index (χ3v) is 3.89. The molecule has 4 aromatic rings. The molecule has 0 radical (unpaired) electrons. The number of rotatable bonds is 5. The van der Waals surface area contributed by atoms with Crippen molar-refractivity contribution in [1.29, 1.82) is 0 Å². The van der Waals surface area contributed by atoms with E-state index in [-0.39, 0.29) is 12.3 Å². The Hall–Kier alpha value is -3.48. The van der Waals surface area contributed by atoms with Gasteiger partial charge in [-0.25, -0.2) is 0 Å². The van der Waals surface area contributed by atoms with Crippen LogP contribution in [0.25, 0.3) is 22.4 Å². The Bertz CT molecular complexity index is 1040. The van der Waals surface area contributed by atoms with Crippen LogP contribution in [-0.4, -0.2) is 21.3 Å². The number of hydrogen-bond donors (Lipinski definition) is 0. The molecule has 0 fully saturated rings. The van der Waals surface area contributed by atoms with Crippen LogP contribution in [0.15, 0.2) is 63.6 Å². The van der Waals surface area contributed by atoms with Crippen LogP contribution < -0.4 is 0 Å². The van der Waals surface area contributed by atoms with E-state index in [9.17, 15) is 4.79 Å². The summed E-state index contributed by atoms with van der Waals surface area (Å²) in [7, 11) is 0. The number of ether oxygens (including phenoxy) is 1. The molecule has 1 atom stereocenters. The molecule has 0 amide bonds. The van der Waals surface area contributed by atoms with Gasteiger partial charge in [0.2, 0.25) is 5.82 Å². The highest BCUT2D eigenvalue weighted by molar-refractivity contribution is 5.84. The number of nitrogens with zero attached hydrogens (tertiary/aromatic N) is 3. The molecule has 0 N–H and O–H groups in total. The van der Waals surface area contributed by atoms with Gasteiger partial charge in [-0.2, -0.15) is 4.98 Å². The molecule has 4 rings (SSSR count). The third kappa shape index (κ3) is 3.19. The molecule has 0 bridgehead atoms. The highest BCUT2D eigenvalue weighted by Crippen LogP contribution is 2.22. The first-order valence-electron chi connectivity index (χ1n) is 8.12. The van der Waals surface area contributed by atoms with Crippen LogP contribution in [0.3, 0.4) is 0 Å². The summed E-state index contributed by atoms with van der Waals surface area (Å²) in [5.74, 6) is 0.240. The van der Waals surface area contributed by atoms with E-state index < -0.39 is 12.1 Å². The Labute approximate surface area is 148 Å². The first kappa shape index (κ1) is 16.0. The molecule has 2 heterocycles. The SMILES string of the molecule is C[C@@H](OC(=O)Cc1noc2ccccc12)c1nc(-c2ccccc2)no1. The number of benzene rings is 2. The van der Waals surface area contributed by atoms with Crippen molar-refractivity contribution in [3.8, 4) is 11.4 Å². The molecule has 7 heteroatoms. The Morgan fingerprint density at radius 2 is 1.81 bits per heavy atom. The van der Waals surface area contributed by atoms with Crippen molar-refractivity contribution in [2.75, 3.05) is 0 Å². The average molecular weight is 349 g/mol. The molecule has 0 aliphatic carbocycles. The van der Waals surface area contributed by atoms with E-state index in [0.29, 0.717) is 17.1 Å². The molecule has 0 aliphatic rings.